The Kier molecular flexibility index (Phi) is 3.45. The number of carbonyl (C=O) groups excluding carboxylic acids is 1. The molecule has 0 saturated carbocycles. The number of rotatable bonds is 2. The largest absolute Gasteiger partial charge is 0.301 e. The number of hydrogen-bond donors (Lipinski definition) is 1. The molecule has 1 aliphatic heterocycles. The summed E-state index contributed by atoms with van der Waals surface area (Å²) in [6, 6.07) is 0. The highest BCUT2D eigenvalue weighted by molar-refractivity contribution is 7.15. The first-order valence-corrected chi connectivity index (χ1v) is 7.20. The first-order valence-electron chi connectivity index (χ1n) is 6.39. The average molecular weight is 289 g/mol. The molecular weight excluding hydrogens is 274 g/mol. The molecule has 0 fully saturated rings. The predicted molar refractivity (Wildman–Crippen MR) is 76.9 cm³/mol. The van der Waals surface area contributed by atoms with Crippen molar-refractivity contribution in [2.75, 3.05) is 18.9 Å². The first-order chi connectivity index (χ1) is 9.61. The molecule has 6 nitrogen and oxygen atoms in total. The van der Waals surface area contributed by atoms with E-state index in [1.165, 1.54) is 22.4 Å². The van der Waals surface area contributed by atoms with E-state index < -0.39 is 0 Å². The Morgan fingerprint density at radius 2 is 2.25 bits per heavy atom. The monoisotopic (exact) mass is 289 g/mol. The van der Waals surface area contributed by atoms with Gasteiger partial charge in [-0.2, -0.15) is 0 Å². The van der Waals surface area contributed by atoms with Gasteiger partial charge in [0.25, 0.3) is 5.91 Å². The van der Waals surface area contributed by atoms with Gasteiger partial charge in [0, 0.05) is 30.6 Å². The third-order valence-corrected chi connectivity index (χ3v) is 4.15. The van der Waals surface area contributed by atoms with Gasteiger partial charge in [0.05, 0.1) is 17.6 Å². The molecule has 0 aromatic carbocycles. The molecule has 0 spiro atoms. The van der Waals surface area contributed by atoms with E-state index in [1.807, 2.05) is 6.92 Å². The number of aromatic nitrogens is 3. The van der Waals surface area contributed by atoms with E-state index in [0.717, 1.165) is 30.9 Å². The predicted octanol–water partition coefficient (Wildman–Crippen LogP) is 1.48. The van der Waals surface area contributed by atoms with Crippen LogP contribution >= 0.6 is 11.3 Å². The van der Waals surface area contributed by atoms with Gasteiger partial charge in [-0.05, 0) is 14.0 Å². The number of carbonyl (C=O) groups is 1. The fraction of sp³-hybridized carbons (Fsp3) is 0.385. The summed E-state index contributed by atoms with van der Waals surface area (Å²) in [5.74, 6) is -0.267. The summed E-state index contributed by atoms with van der Waals surface area (Å²) in [7, 11) is 2.09. The highest BCUT2D eigenvalue weighted by Gasteiger charge is 2.19. The Labute approximate surface area is 120 Å². The second-order valence-corrected chi connectivity index (χ2v) is 5.96. The third kappa shape index (κ3) is 2.68. The Morgan fingerprint density at radius 3 is 3.00 bits per heavy atom. The quantitative estimate of drug-likeness (QED) is 0.906. The van der Waals surface area contributed by atoms with E-state index in [9.17, 15) is 4.79 Å². The number of nitrogens with one attached hydrogen (secondary N) is 1. The molecule has 3 rings (SSSR count). The maximum absolute atomic E-state index is 12.0. The maximum Gasteiger partial charge on any atom is 0.277 e. The van der Waals surface area contributed by atoms with Crippen LogP contribution in [0.15, 0.2) is 12.4 Å². The molecule has 2 aromatic heterocycles. The third-order valence-electron chi connectivity index (χ3n) is 3.16. The van der Waals surface area contributed by atoms with Gasteiger partial charge in [-0.25, -0.2) is 9.97 Å². The molecule has 0 bridgehead atoms. The van der Waals surface area contributed by atoms with Crippen LogP contribution in [0.25, 0.3) is 0 Å². The molecule has 1 aliphatic rings. The van der Waals surface area contributed by atoms with Crippen LogP contribution in [0.1, 0.15) is 26.8 Å². The normalized spacial score (nSPS) is 14.9. The second-order valence-electron chi connectivity index (χ2n) is 4.87. The number of amides is 1. The van der Waals surface area contributed by atoms with Gasteiger partial charge in [0.1, 0.15) is 5.69 Å². The van der Waals surface area contributed by atoms with Crippen molar-refractivity contribution in [2.45, 2.75) is 19.9 Å². The Bertz CT molecular complexity index is 637. The van der Waals surface area contributed by atoms with Crippen LogP contribution in [-0.4, -0.2) is 39.4 Å². The lowest BCUT2D eigenvalue weighted by molar-refractivity contribution is 0.102. The van der Waals surface area contributed by atoms with Crippen molar-refractivity contribution < 1.29 is 4.79 Å². The van der Waals surface area contributed by atoms with Crippen LogP contribution in [0.2, 0.25) is 0 Å². The zero-order valence-corrected chi connectivity index (χ0v) is 12.2. The summed E-state index contributed by atoms with van der Waals surface area (Å²) in [6.45, 7) is 3.74. The summed E-state index contributed by atoms with van der Waals surface area (Å²) in [5.41, 5.74) is 2.19. The van der Waals surface area contributed by atoms with Gasteiger partial charge in [0.15, 0.2) is 5.13 Å². The lowest BCUT2D eigenvalue weighted by atomic mass is 10.2. The summed E-state index contributed by atoms with van der Waals surface area (Å²) < 4.78 is 0. The Balaban J connectivity index is 1.75. The van der Waals surface area contributed by atoms with Crippen molar-refractivity contribution in [3.63, 3.8) is 0 Å². The molecular formula is C13H15N5OS. The molecule has 104 valence electrons. The smallest absolute Gasteiger partial charge is 0.277 e. The van der Waals surface area contributed by atoms with Crippen LogP contribution < -0.4 is 5.32 Å². The molecule has 20 heavy (non-hydrogen) atoms. The molecule has 7 heteroatoms. The van der Waals surface area contributed by atoms with E-state index in [2.05, 4.69) is 32.2 Å². The van der Waals surface area contributed by atoms with Gasteiger partial charge < -0.3 is 4.90 Å². The lowest BCUT2D eigenvalue weighted by Crippen LogP contribution is -2.25. The van der Waals surface area contributed by atoms with Crippen LogP contribution in [-0.2, 0) is 13.0 Å². The van der Waals surface area contributed by atoms with Crippen molar-refractivity contribution in [1.82, 2.24) is 19.9 Å². The lowest BCUT2D eigenvalue weighted by Gasteiger charge is -2.20. The highest BCUT2D eigenvalue weighted by Crippen LogP contribution is 2.27. The van der Waals surface area contributed by atoms with Crippen molar-refractivity contribution in [3.8, 4) is 0 Å². The van der Waals surface area contributed by atoms with Crippen molar-refractivity contribution in [3.05, 3.63) is 34.4 Å². The number of thiazole rings is 1. The minimum Gasteiger partial charge on any atom is -0.301 e. The minimum absolute atomic E-state index is 0.267. The SMILES string of the molecule is Cc1cnc(C(=O)Nc2nc3c(s2)CN(C)CC3)cn1. The van der Waals surface area contributed by atoms with E-state index in [0.29, 0.717) is 10.8 Å². The molecule has 0 saturated heterocycles. The molecule has 1 amide bonds. The maximum atomic E-state index is 12.0. The van der Waals surface area contributed by atoms with Crippen LogP contribution in [0, 0.1) is 6.92 Å². The fourth-order valence-corrected chi connectivity index (χ4v) is 3.13. The van der Waals surface area contributed by atoms with Crippen LogP contribution in [0.3, 0.4) is 0 Å². The van der Waals surface area contributed by atoms with E-state index in [-0.39, 0.29) is 5.91 Å². The zero-order valence-electron chi connectivity index (χ0n) is 11.4. The topological polar surface area (TPSA) is 71.0 Å². The molecule has 0 atom stereocenters. The van der Waals surface area contributed by atoms with E-state index >= 15 is 0 Å². The first kappa shape index (κ1) is 13.1. The van der Waals surface area contributed by atoms with Gasteiger partial charge in [-0.1, -0.05) is 0 Å². The molecule has 1 N–H and O–H groups in total. The molecule has 0 aliphatic carbocycles. The molecule has 0 unspecified atom stereocenters. The van der Waals surface area contributed by atoms with Crippen molar-refractivity contribution in [2.24, 2.45) is 0 Å². The summed E-state index contributed by atoms with van der Waals surface area (Å²) in [4.78, 5) is 28.1. The van der Waals surface area contributed by atoms with Gasteiger partial charge in [-0.15, -0.1) is 11.3 Å². The number of aryl methyl sites for hydroxylation is 1. The summed E-state index contributed by atoms with van der Waals surface area (Å²) >= 11 is 1.53. The van der Waals surface area contributed by atoms with Crippen LogP contribution in [0.4, 0.5) is 5.13 Å². The Morgan fingerprint density at radius 1 is 1.40 bits per heavy atom. The number of fused-ring (bicyclic) bond motifs is 1. The fourth-order valence-electron chi connectivity index (χ4n) is 2.05. The molecule has 2 aromatic rings. The van der Waals surface area contributed by atoms with E-state index in [1.54, 1.807) is 6.20 Å². The molecule has 0 radical (unpaired) electrons. The number of anilines is 1. The summed E-state index contributed by atoms with van der Waals surface area (Å²) in [5, 5.41) is 3.43. The van der Waals surface area contributed by atoms with E-state index in [4.69, 9.17) is 0 Å². The number of hydrogen-bond acceptors (Lipinski definition) is 6. The number of likely N-dealkylation sites (N-methyl/N-ethyl adjacent to an activating group) is 1. The highest BCUT2D eigenvalue weighted by atomic mass is 32.1. The van der Waals surface area contributed by atoms with Crippen LogP contribution in [0.5, 0.6) is 0 Å². The van der Waals surface area contributed by atoms with Gasteiger partial charge >= 0.3 is 0 Å². The second kappa shape index (κ2) is 5.26. The summed E-state index contributed by atoms with van der Waals surface area (Å²) in [6.07, 6.45) is 3.99. The molecule has 3 heterocycles. The number of nitrogens with zero attached hydrogens (tertiary/aromatic N) is 4. The Hall–Kier alpha value is -1.86. The zero-order chi connectivity index (χ0) is 14.1. The average Bonchev–Trinajstić information content (AvgIpc) is 2.80. The van der Waals surface area contributed by atoms with Gasteiger partial charge in [0.2, 0.25) is 0 Å². The standard InChI is InChI=1S/C13H15N5OS/c1-8-5-15-10(6-14-8)12(19)17-13-16-9-3-4-18(2)7-11(9)20-13/h5-6H,3-4,7H2,1-2H3,(H,16,17,19). The van der Waals surface area contributed by atoms with Crippen molar-refractivity contribution in [1.29, 1.82) is 0 Å². The minimum atomic E-state index is -0.267. The van der Waals surface area contributed by atoms with Gasteiger partial charge in [-0.3, -0.25) is 15.1 Å². The van der Waals surface area contributed by atoms with Crippen molar-refractivity contribution >= 4 is 22.4 Å².